The second-order valence-electron chi connectivity index (χ2n) is 5.14. The molecule has 0 bridgehead atoms. The molecule has 1 aliphatic heterocycles. The van der Waals surface area contributed by atoms with E-state index < -0.39 is 17.8 Å². The molecular formula is C16H28N4O5. The van der Waals surface area contributed by atoms with Gasteiger partial charge in [0.05, 0.1) is 33.2 Å². The van der Waals surface area contributed by atoms with Crippen LogP contribution in [0.3, 0.4) is 0 Å². The first-order valence-corrected chi connectivity index (χ1v) is 7.53. The first-order valence-electron chi connectivity index (χ1n) is 7.53. The number of hydrogen-bond donors (Lipinski definition) is 1. The third kappa shape index (κ3) is 12.7. The summed E-state index contributed by atoms with van der Waals surface area (Å²) >= 11 is 0. The van der Waals surface area contributed by atoms with Crippen LogP contribution in [-0.4, -0.2) is 68.8 Å². The van der Waals surface area contributed by atoms with E-state index in [1.807, 2.05) is 0 Å². The number of hydrogen-bond acceptors (Lipinski definition) is 8. The molecule has 2 N–H and O–H groups in total. The molecule has 0 amide bonds. The quantitative estimate of drug-likeness (QED) is 0.175. The number of nitrogens with zero attached hydrogens (tertiary/aromatic N) is 3. The van der Waals surface area contributed by atoms with Crippen molar-refractivity contribution in [1.29, 1.82) is 0 Å². The van der Waals surface area contributed by atoms with Gasteiger partial charge in [-0.1, -0.05) is 11.0 Å². The number of carbonyl (C=O) groups is 2. The Kier molecular flexibility index (Phi) is 12.9. The summed E-state index contributed by atoms with van der Waals surface area (Å²) in [6.45, 7) is 5.75. The summed E-state index contributed by atoms with van der Waals surface area (Å²) in [5.74, 6) is 8.28. The van der Waals surface area contributed by atoms with Crippen LogP contribution >= 0.6 is 0 Å². The molecule has 25 heavy (non-hydrogen) atoms. The monoisotopic (exact) mass is 356 g/mol. The maximum Gasteiger partial charge on any atom is 0.395 e. The number of esters is 2. The van der Waals surface area contributed by atoms with Crippen LogP contribution in [0.15, 0.2) is 16.9 Å². The summed E-state index contributed by atoms with van der Waals surface area (Å²) in [6, 6.07) is 0. The predicted octanol–water partition coefficient (Wildman–Crippen LogP) is -0.808. The zero-order valence-electron chi connectivity index (χ0n) is 16.0. The first kappa shape index (κ1) is 24.8. The summed E-state index contributed by atoms with van der Waals surface area (Å²) in [5, 5.41) is 16.1. The number of nitrogens with two attached hydrogens (primary N) is 1. The summed E-state index contributed by atoms with van der Waals surface area (Å²) in [6.07, 6.45) is 1.21. The molecule has 1 heterocycles. The van der Waals surface area contributed by atoms with Crippen molar-refractivity contribution in [2.24, 2.45) is 10.9 Å². The van der Waals surface area contributed by atoms with E-state index in [1.54, 1.807) is 49.0 Å². The van der Waals surface area contributed by atoms with Crippen LogP contribution in [0.5, 0.6) is 0 Å². The fraction of sp³-hybridized carbons (Fsp3) is 0.562. The molecule has 0 fully saturated rings. The average Bonchev–Trinajstić information content (AvgIpc) is 2.72. The van der Waals surface area contributed by atoms with Crippen LogP contribution in [0.4, 0.5) is 0 Å². The Morgan fingerprint density at radius 3 is 2.08 bits per heavy atom. The van der Waals surface area contributed by atoms with E-state index in [-0.39, 0.29) is 10.3 Å². The minimum absolute atomic E-state index is 0.0856. The van der Waals surface area contributed by atoms with E-state index >= 15 is 0 Å². The fourth-order valence-electron chi connectivity index (χ4n) is 1.36. The van der Waals surface area contributed by atoms with E-state index in [0.29, 0.717) is 13.2 Å². The summed E-state index contributed by atoms with van der Waals surface area (Å²) < 4.78 is 9.16. The largest absolute Gasteiger partial charge is 0.855 e. The van der Waals surface area contributed by atoms with Gasteiger partial charge < -0.3 is 14.6 Å². The van der Waals surface area contributed by atoms with Gasteiger partial charge in [-0.25, -0.2) is 9.59 Å². The van der Waals surface area contributed by atoms with Crippen LogP contribution in [0.2, 0.25) is 0 Å². The summed E-state index contributed by atoms with van der Waals surface area (Å²) in [4.78, 5) is 21.5. The average molecular weight is 356 g/mol. The molecule has 0 atom stereocenters. The Hall–Kier alpha value is -2.41. The van der Waals surface area contributed by atoms with Crippen molar-refractivity contribution < 1.29 is 28.8 Å². The standard InChI is InChI=1S/C8H12N2O3.C6H8O2.C2H8N2/c1-4-13-8(12)6-5-7(11)9-10(6,2)3;1-3-5-6(7)8-4-2;1-4(2)3/h5H,4H2,1-3H3;4H2,1-2H3;3H2,1-2H3. The second-order valence-corrected chi connectivity index (χ2v) is 5.14. The highest BCUT2D eigenvalue weighted by Gasteiger charge is 2.33. The van der Waals surface area contributed by atoms with Crippen molar-refractivity contribution in [2.75, 3.05) is 41.4 Å². The van der Waals surface area contributed by atoms with E-state index in [4.69, 9.17) is 10.6 Å². The molecule has 0 radical (unpaired) electrons. The molecule has 0 saturated heterocycles. The van der Waals surface area contributed by atoms with Crippen LogP contribution in [-0.2, 0) is 19.1 Å². The molecule has 0 unspecified atom stereocenters. The predicted molar refractivity (Wildman–Crippen MR) is 92.2 cm³/mol. The van der Waals surface area contributed by atoms with Gasteiger partial charge in [0, 0.05) is 26.1 Å². The molecule has 1 aliphatic rings. The minimum Gasteiger partial charge on any atom is -0.855 e. The zero-order valence-corrected chi connectivity index (χ0v) is 16.0. The van der Waals surface area contributed by atoms with Gasteiger partial charge in [0.15, 0.2) is 0 Å². The van der Waals surface area contributed by atoms with Crippen molar-refractivity contribution in [3.05, 3.63) is 11.8 Å². The SMILES string of the molecule is CC#CC(=O)OCC.CCOC(=O)C1=CC([O-])=N[N+]1(C)C.CN(C)N. The molecule has 0 aromatic heterocycles. The van der Waals surface area contributed by atoms with Gasteiger partial charge in [0.25, 0.3) is 0 Å². The van der Waals surface area contributed by atoms with E-state index in [9.17, 15) is 14.7 Å². The number of quaternary nitrogens is 1. The smallest absolute Gasteiger partial charge is 0.395 e. The lowest BCUT2D eigenvalue weighted by Crippen LogP contribution is -2.35. The minimum atomic E-state index is -0.484. The maximum atomic E-state index is 11.3. The van der Waals surface area contributed by atoms with Gasteiger partial charge in [-0.2, -0.15) is 4.59 Å². The lowest BCUT2D eigenvalue weighted by Gasteiger charge is -2.19. The Balaban J connectivity index is 0. The highest BCUT2D eigenvalue weighted by Crippen LogP contribution is 2.18. The normalized spacial score (nSPS) is 13.6. The molecule has 1 rings (SSSR count). The van der Waals surface area contributed by atoms with Crippen LogP contribution < -0.4 is 10.9 Å². The van der Waals surface area contributed by atoms with Gasteiger partial charge in [0.1, 0.15) is 0 Å². The molecule has 142 valence electrons. The number of ether oxygens (including phenoxy) is 2. The van der Waals surface area contributed by atoms with E-state index in [2.05, 4.69) is 21.7 Å². The molecule has 0 aliphatic carbocycles. The number of rotatable bonds is 3. The molecule has 9 nitrogen and oxygen atoms in total. The summed E-state index contributed by atoms with van der Waals surface area (Å²) in [5.41, 5.74) is 0.270. The zero-order chi connectivity index (χ0) is 20.0. The number of carbonyl (C=O) groups excluding carboxylic acids is 2. The number of likely N-dealkylation sites (N-methyl/N-ethyl adjacent to an activating group) is 1. The second kappa shape index (κ2) is 12.9. The highest BCUT2D eigenvalue weighted by atomic mass is 16.5. The van der Waals surface area contributed by atoms with Gasteiger partial charge in [-0.15, -0.1) is 0 Å². The topological polar surface area (TPSA) is 117 Å². The maximum absolute atomic E-state index is 11.3. The van der Waals surface area contributed by atoms with Crippen molar-refractivity contribution in [3.63, 3.8) is 0 Å². The van der Waals surface area contributed by atoms with E-state index in [0.717, 1.165) is 0 Å². The van der Waals surface area contributed by atoms with Gasteiger partial charge in [-0.3, -0.25) is 10.9 Å². The van der Waals surface area contributed by atoms with E-state index in [1.165, 1.54) is 11.1 Å². The van der Waals surface area contributed by atoms with Crippen molar-refractivity contribution in [2.45, 2.75) is 20.8 Å². The third-order valence-corrected chi connectivity index (χ3v) is 2.19. The highest BCUT2D eigenvalue weighted by molar-refractivity contribution is 5.96. The molecule has 0 aromatic carbocycles. The Bertz CT molecular complexity index is 554. The van der Waals surface area contributed by atoms with Crippen LogP contribution in [0, 0.1) is 11.8 Å². The lowest BCUT2D eigenvalue weighted by molar-refractivity contribution is -0.853. The number of hydrazine groups is 1. The third-order valence-electron chi connectivity index (χ3n) is 2.19. The van der Waals surface area contributed by atoms with Crippen molar-refractivity contribution in [1.82, 2.24) is 5.01 Å². The molecule has 0 aromatic rings. The Labute approximate surface area is 149 Å². The van der Waals surface area contributed by atoms with Gasteiger partial charge >= 0.3 is 11.9 Å². The lowest BCUT2D eigenvalue weighted by atomic mass is 10.4. The molecule has 9 heteroatoms. The first-order chi connectivity index (χ1) is 11.5. The van der Waals surface area contributed by atoms with Crippen molar-refractivity contribution in [3.8, 4) is 11.8 Å². The van der Waals surface area contributed by atoms with Gasteiger partial charge in [0.2, 0.25) is 5.70 Å². The van der Waals surface area contributed by atoms with Crippen LogP contribution in [0.1, 0.15) is 20.8 Å². The molecule has 0 spiro atoms. The Morgan fingerprint density at radius 1 is 1.28 bits per heavy atom. The Morgan fingerprint density at radius 2 is 1.76 bits per heavy atom. The van der Waals surface area contributed by atoms with Gasteiger partial charge in [-0.05, 0) is 20.8 Å². The summed E-state index contributed by atoms with van der Waals surface area (Å²) in [7, 11) is 6.85. The molecule has 0 saturated carbocycles. The fourth-order valence-corrected chi connectivity index (χ4v) is 1.36. The van der Waals surface area contributed by atoms with Crippen molar-refractivity contribution >= 4 is 17.8 Å². The molecular weight excluding hydrogens is 328 g/mol. The van der Waals surface area contributed by atoms with Crippen LogP contribution in [0.25, 0.3) is 0 Å².